The zero-order chi connectivity index (χ0) is 7.84. The predicted octanol–water partition coefficient (Wildman–Crippen LogP) is 3.94. The van der Waals surface area contributed by atoms with Crippen LogP contribution in [0.25, 0.3) is 0 Å². The molecule has 5 heteroatoms. The van der Waals surface area contributed by atoms with Crippen molar-refractivity contribution in [2.24, 2.45) is 0 Å². The molecule has 0 aromatic carbocycles. The normalized spacial score (nSPS) is 47.5. The van der Waals surface area contributed by atoms with Gasteiger partial charge in [0.2, 0.25) is 0 Å². The molecule has 2 rings (SSSR count). The summed E-state index contributed by atoms with van der Waals surface area (Å²) < 4.78 is 1.79. The van der Waals surface area contributed by atoms with Crippen LogP contribution in [0.4, 0.5) is 0 Å². The standard InChI is InChI=1S/C6H10S5/c1-3-5(7-3)9-11-10-6-4(2)8-6/h3-6H,1-2H3. The van der Waals surface area contributed by atoms with Gasteiger partial charge in [-0.25, -0.2) is 0 Å². The minimum atomic E-state index is 0.895. The van der Waals surface area contributed by atoms with E-state index in [2.05, 4.69) is 59.0 Å². The molecular formula is C6H10S5. The van der Waals surface area contributed by atoms with E-state index in [4.69, 9.17) is 0 Å². The summed E-state index contributed by atoms with van der Waals surface area (Å²) in [6.07, 6.45) is 0. The first-order valence-corrected chi connectivity index (χ1v) is 9.06. The van der Waals surface area contributed by atoms with Gasteiger partial charge in [0.05, 0.1) is 9.16 Å². The molecule has 4 unspecified atom stereocenters. The molecule has 0 N–H and O–H groups in total. The SMILES string of the molecule is CC1SC1SSSC1SC1C. The number of hydrogen-bond acceptors (Lipinski definition) is 5. The van der Waals surface area contributed by atoms with Crippen molar-refractivity contribution in [3.05, 3.63) is 0 Å². The number of thioether (sulfide) groups is 2. The first-order valence-electron chi connectivity index (χ1n) is 3.57. The van der Waals surface area contributed by atoms with Crippen LogP contribution in [0.2, 0.25) is 0 Å². The molecule has 0 spiro atoms. The van der Waals surface area contributed by atoms with Crippen LogP contribution in [0.15, 0.2) is 0 Å². The van der Waals surface area contributed by atoms with Gasteiger partial charge in [-0.1, -0.05) is 35.4 Å². The molecule has 2 saturated heterocycles. The van der Waals surface area contributed by atoms with Crippen molar-refractivity contribution in [2.45, 2.75) is 33.5 Å². The Balaban J connectivity index is 1.48. The lowest BCUT2D eigenvalue weighted by Crippen LogP contribution is -1.78. The highest BCUT2D eigenvalue weighted by molar-refractivity contribution is 9.11. The third kappa shape index (κ3) is 2.86. The Morgan fingerprint density at radius 1 is 0.909 bits per heavy atom. The topological polar surface area (TPSA) is 0 Å². The summed E-state index contributed by atoms with van der Waals surface area (Å²) in [5.41, 5.74) is 0. The summed E-state index contributed by atoms with van der Waals surface area (Å²) in [5.74, 6) is 0. The van der Waals surface area contributed by atoms with Gasteiger partial charge in [-0.3, -0.25) is 0 Å². The van der Waals surface area contributed by atoms with Crippen molar-refractivity contribution < 1.29 is 0 Å². The van der Waals surface area contributed by atoms with Crippen LogP contribution in [0.5, 0.6) is 0 Å². The average Bonchev–Trinajstić information content (AvgIpc) is 2.79. The maximum absolute atomic E-state index is 2.31. The van der Waals surface area contributed by atoms with Crippen LogP contribution in [0.3, 0.4) is 0 Å². The maximum atomic E-state index is 2.31. The second kappa shape index (κ2) is 3.86. The Bertz CT molecular complexity index is 134. The Morgan fingerprint density at radius 2 is 1.27 bits per heavy atom. The summed E-state index contributed by atoms with van der Waals surface area (Å²) in [5, 5.41) is 1.83. The van der Waals surface area contributed by atoms with Crippen molar-refractivity contribution in [1.29, 1.82) is 0 Å². The second-order valence-corrected chi connectivity index (χ2v) is 10.6. The van der Waals surface area contributed by atoms with Gasteiger partial charge in [0.15, 0.2) is 0 Å². The molecule has 0 aromatic heterocycles. The summed E-state index contributed by atoms with van der Waals surface area (Å²) in [6.45, 7) is 4.62. The van der Waals surface area contributed by atoms with Gasteiger partial charge in [-0.05, 0) is 9.83 Å². The fourth-order valence-electron chi connectivity index (χ4n) is 0.634. The fraction of sp³-hybridized carbons (Fsp3) is 1.00. The zero-order valence-corrected chi connectivity index (χ0v) is 10.4. The van der Waals surface area contributed by atoms with E-state index in [1.54, 1.807) is 0 Å². The smallest absolute Gasteiger partial charge is 0.0733 e. The third-order valence-corrected chi connectivity index (χ3v) is 10.5. The maximum Gasteiger partial charge on any atom is 0.0733 e. The molecule has 0 saturated carbocycles. The Labute approximate surface area is 88.0 Å². The summed E-state index contributed by atoms with van der Waals surface area (Å²) in [7, 11) is 6.09. The summed E-state index contributed by atoms with van der Waals surface area (Å²) in [6, 6.07) is 0. The summed E-state index contributed by atoms with van der Waals surface area (Å²) in [4.78, 5) is 0. The molecule has 0 nitrogen and oxygen atoms in total. The van der Waals surface area contributed by atoms with Crippen LogP contribution >= 0.6 is 54.9 Å². The molecule has 0 bridgehead atoms. The molecule has 2 aliphatic heterocycles. The lowest BCUT2D eigenvalue weighted by molar-refractivity contribution is 1.21. The lowest BCUT2D eigenvalue weighted by atomic mass is 10.6. The highest BCUT2D eigenvalue weighted by Gasteiger charge is 2.38. The molecular weight excluding hydrogens is 232 g/mol. The quantitative estimate of drug-likeness (QED) is 0.539. The highest BCUT2D eigenvalue weighted by Crippen LogP contribution is 2.61. The van der Waals surface area contributed by atoms with Crippen molar-refractivity contribution in [2.75, 3.05) is 0 Å². The van der Waals surface area contributed by atoms with E-state index in [0.717, 1.165) is 19.7 Å². The van der Waals surface area contributed by atoms with Gasteiger partial charge in [-0.2, -0.15) is 0 Å². The van der Waals surface area contributed by atoms with Crippen LogP contribution in [0, 0.1) is 0 Å². The van der Waals surface area contributed by atoms with Crippen LogP contribution < -0.4 is 0 Å². The van der Waals surface area contributed by atoms with Crippen molar-refractivity contribution in [3.8, 4) is 0 Å². The molecule has 0 amide bonds. The molecule has 2 aliphatic rings. The molecule has 2 heterocycles. The highest BCUT2D eigenvalue weighted by atomic mass is 33.5. The van der Waals surface area contributed by atoms with Crippen LogP contribution in [-0.2, 0) is 0 Å². The first-order chi connectivity index (χ1) is 5.27. The van der Waals surface area contributed by atoms with E-state index < -0.39 is 0 Å². The van der Waals surface area contributed by atoms with Gasteiger partial charge < -0.3 is 0 Å². The van der Waals surface area contributed by atoms with E-state index in [-0.39, 0.29) is 0 Å². The number of hydrogen-bond donors (Lipinski definition) is 0. The van der Waals surface area contributed by atoms with Crippen molar-refractivity contribution >= 4 is 54.9 Å². The van der Waals surface area contributed by atoms with Gasteiger partial charge >= 0.3 is 0 Å². The molecule has 0 aromatic rings. The van der Waals surface area contributed by atoms with Crippen LogP contribution in [0.1, 0.15) is 13.8 Å². The Kier molecular flexibility index (Phi) is 3.27. The minimum absolute atomic E-state index is 0.895. The van der Waals surface area contributed by atoms with E-state index in [9.17, 15) is 0 Å². The fourth-order valence-corrected chi connectivity index (χ4v) is 9.93. The van der Waals surface area contributed by atoms with Crippen molar-refractivity contribution in [3.63, 3.8) is 0 Å². The van der Waals surface area contributed by atoms with Gasteiger partial charge in [-0.15, -0.1) is 23.5 Å². The van der Waals surface area contributed by atoms with E-state index in [1.807, 2.05) is 9.83 Å². The van der Waals surface area contributed by atoms with E-state index in [0.29, 0.717) is 0 Å². The Morgan fingerprint density at radius 3 is 1.55 bits per heavy atom. The largest absolute Gasteiger partial charge is 0.140 e. The predicted molar refractivity (Wildman–Crippen MR) is 64.5 cm³/mol. The molecule has 2 fully saturated rings. The van der Waals surface area contributed by atoms with E-state index in [1.165, 1.54) is 0 Å². The van der Waals surface area contributed by atoms with Gasteiger partial charge in [0, 0.05) is 10.5 Å². The van der Waals surface area contributed by atoms with Crippen LogP contribution in [-0.4, -0.2) is 19.7 Å². The van der Waals surface area contributed by atoms with Crippen molar-refractivity contribution in [1.82, 2.24) is 0 Å². The summed E-state index contributed by atoms with van der Waals surface area (Å²) >= 11 is 4.17. The van der Waals surface area contributed by atoms with E-state index >= 15 is 0 Å². The molecule has 64 valence electrons. The average molecular weight is 242 g/mol. The third-order valence-electron chi connectivity index (χ3n) is 1.58. The number of rotatable bonds is 4. The molecule has 0 aliphatic carbocycles. The minimum Gasteiger partial charge on any atom is -0.140 e. The van der Waals surface area contributed by atoms with Gasteiger partial charge in [0.1, 0.15) is 0 Å². The Hall–Kier alpha value is 1.75. The molecule has 11 heavy (non-hydrogen) atoms. The first kappa shape index (κ1) is 9.31. The molecule has 4 atom stereocenters. The zero-order valence-electron chi connectivity index (χ0n) is 6.35. The molecule has 0 radical (unpaired) electrons. The lowest BCUT2D eigenvalue weighted by Gasteiger charge is -1.93. The second-order valence-electron chi connectivity index (χ2n) is 2.68. The monoisotopic (exact) mass is 242 g/mol. The van der Waals surface area contributed by atoms with Gasteiger partial charge in [0.25, 0.3) is 0 Å².